The first-order valence-electron chi connectivity index (χ1n) is 9.32. The van der Waals surface area contributed by atoms with Crippen LogP contribution >= 0.6 is 0 Å². The van der Waals surface area contributed by atoms with E-state index in [1.165, 1.54) is 0 Å². The number of H-pyrrole nitrogens is 1. The zero-order valence-corrected chi connectivity index (χ0v) is 15.3. The van der Waals surface area contributed by atoms with E-state index in [0.717, 1.165) is 38.9 Å². The first-order valence-corrected chi connectivity index (χ1v) is 9.32. The van der Waals surface area contributed by atoms with Gasteiger partial charge in [-0.3, -0.25) is 19.3 Å². The van der Waals surface area contributed by atoms with Crippen molar-refractivity contribution in [2.75, 3.05) is 26.7 Å². The first kappa shape index (κ1) is 17.7. The molecule has 2 saturated heterocycles. The second-order valence-corrected chi connectivity index (χ2v) is 7.29. The van der Waals surface area contributed by atoms with Crippen LogP contribution in [0.25, 0.3) is 10.8 Å². The predicted octanol–water partition coefficient (Wildman–Crippen LogP) is 0.348. The summed E-state index contributed by atoms with van der Waals surface area (Å²) in [7, 11) is 1.84. The summed E-state index contributed by atoms with van der Waals surface area (Å²) in [5, 5.41) is 10.4. The Morgan fingerprint density at radius 2 is 1.81 bits per heavy atom. The van der Waals surface area contributed by atoms with E-state index in [2.05, 4.69) is 20.4 Å². The number of amides is 2. The van der Waals surface area contributed by atoms with Gasteiger partial charge in [-0.2, -0.15) is 5.10 Å². The average molecular weight is 369 g/mol. The number of hydrogen-bond acceptors (Lipinski definition) is 5. The van der Waals surface area contributed by atoms with Crippen LogP contribution < -0.4 is 10.9 Å². The Balaban J connectivity index is 1.41. The van der Waals surface area contributed by atoms with E-state index in [1.807, 2.05) is 7.05 Å². The number of aromatic nitrogens is 2. The molecule has 0 aliphatic carbocycles. The fraction of sp³-hybridized carbons (Fsp3) is 0.474. The number of likely N-dealkylation sites (N-methyl/N-ethyl adjacent to an activating group) is 1. The molecular weight excluding hydrogens is 346 g/mol. The molecular formula is C19H23N5O3. The SMILES string of the molecule is CN1CCC(N2CCC(NC(=O)c3n[nH]c(=O)c4ccccc34)CC2)C1=O. The van der Waals surface area contributed by atoms with Crippen molar-refractivity contribution in [2.45, 2.75) is 31.3 Å². The Morgan fingerprint density at radius 1 is 1.11 bits per heavy atom. The number of hydrogen-bond donors (Lipinski definition) is 2. The summed E-state index contributed by atoms with van der Waals surface area (Å²) in [4.78, 5) is 40.8. The van der Waals surface area contributed by atoms with E-state index in [1.54, 1.807) is 29.2 Å². The fourth-order valence-electron chi connectivity index (χ4n) is 4.04. The molecule has 2 amide bonds. The molecule has 1 atom stereocenters. The summed E-state index contributed by atoms with van der Waals surface area (Å²) >= 11 is 0. The van der Waals surface area contributed by atoms with E-state index >= 15 is 0 Å². The van der Waals surface area contributed by atoms with E-state index in [9.17, 15) is 14.4 Å². The number of piperidine rings is 1. The van der Waals surface area contributed by atoms with Gasteiger partial charge in [-0.25, -0.2) is 5.10 Å². The van der Waals surface area contributed by atoms with Gasteiger partial charge in [-0.1, -0.05) is 18.2 Å². The van der Waals surface area contributed by atoms with E-state index in [4.69, 9.17) is 0 Å². The Kier molecular flexibility index (Phi) is 4.65. The number of likely N-dealkylation sites (tertiary alicyclic amines) is 2. The summed E-state index contributed by atoms with van der Waals surface area (Å²) < 4.78 is 0. The van der Waals surface area contributed by atoms with Crippen LogP contribution in [0, 0.1) is 0 Å². The highest BCUT2D eigenvalue weighted by Gasteiger charge is 2.36. The van der Waals surface area contributed by atoms with Gasteiger partial charge in [0.25, 0.3) is 11.5 Å². The molecule has 4 rings (SSSR count). The molecule has 3 heterocycles. The Morgan fingerprint density at radius 3 is 2.48 bits per heavy atom. The third-order valence-corrected chi connectivity index (χ3v) is 5.62. The number of benzene rings is 1. The minimum absolute atomic E-state index is 0.0172. The standard InChI is InChI=1S/C19H23N5O3/c1-23-9-8-15(19(23)27)24-10-6-12(7-11-24)20-18(26)16-13-4-2-3-5-14(13)17(25)22-21-16/h2-5,12,15H,6-11H2,1H3,(H,20,26)(H,22,25). The van der Waals surface area contributed by atoms with E-state index in [0.29, 0.717) is 10.8 Å². The molecule has 142 valence electrons. The van der Waals surface area contributed by atoms with Crippen LogP contribution in [-0.4, -0.2) is 70.6 Å². The van der Waals surface area contributed by atoms with Crippen molar-refractivity contribution in [3.05, 3.63) is 40.3 Å². The lowest BCUT2D eigenvalue weighted by atomic mass is 10.0. The molecule has 2 aromatic rings. The Bertz CT molecular complexity index is 932. The summed E-state index contributed by atoms with van der Waals surface area (Å²) in [6, 6.07) is 6.98. The number of rotatable bonds is 3. The molecule has 2 aliphatic rings. The number of aromatic amines is 1. The fourth-order valence-corrected chi connectivity index (χ4v) is 4.04. The first-order chi connectivity index (χ1) is 13.0. The lowest BCUT2D eigenvalue weighted by molar-refractivity contribution is -0.131. The van der Waals surface area contributed by atoms with Crippen LogP contribution in [0.1, 0.15) is 29.8 Å². The minimum atomic E-state index is -0.304. The van der Waals surface area contributed by atoms with Crippen LogP contribution in [-0.2, 0) is 4.79 Å². The molecule has 2 fully saturated rings. The second kappa shape index (κ2) is 7.11. The third kappa shape index (κ3) is 3.32. The van der Waals surface area contributed by atoms with Gasteiger partial charge in [0.1, 0.15) is 0 Å². The molecule has 0 radical (unpaired) electrons. The van der Waals surface area contributed by atoms with Crippen molar-refractivity contribution in [2.24, 2.45) is 0 Å². The number of nitrogens with zero attached hydrogens (tertiary/aromatic N) is 3. The molecule has 0 saturated carbocycles. The number of carbonyl (C=O) groups excluding carboxylic acids is 2. The van der Waals surface area contributed by atoms with Crippen molar-refractivity contribution in [1.29, 1.82) is 0 Å². The highest BCUT2D eigenvalue weighted by Crippen LogP contribution is 2.21. The van der Waals surface area contributed by atoms with Crippen molar-refractivity contribution >= 4 is 22.6 Å². The maximum Gasteiger partial charge on any atom is 0.272 e. The Hall–Kier alpha value is -2.74. The van der Waals surface area contributed by atoms with Gasteiger partial charge in [0, 0.05) is 38.1 Å². The lowest BCUT2D eigenvalue weighted by Crippen LogP contribution is -2.50. The topological polar surface area (TPSA) is 98.4 Å². The minimum Gasteiger partial charge on any atom is -0.348 e. The summed E-state index contributed by atoms with van der Waals surface area (Å²) in [5.74, 6) is -0.0843. The molecule has 1 aromatic heterocycles. The quantitative estimate of drug-likeness (QED) is 0.813. The van der Waals surface area contributed by atoms with Crippen molar-refractivity contribution in [3.8, 4) is 0 Å². The molecule has 8 nitrogen and oxygen atoms in total. The number of nitrogens with one attached hydrogen (secondary N) is 2. The van der Waals surface area contributed by atoms with Gasteiger partial charge in [-0.05, 0) is 25.3 Å². The molecule has 0 bridgehead atoms. The van der Waals surface area contributed by atoms with Gasteiger partial charge in [0.05, 0.1) is 11.4 Å². The zero-order chi connectivity index (χ0) is 19.0. The summed E-state index contributed by atoms with van der Waals surface area (Å²) in [6.07, 6.45) is 2.46. The lowest BCUT2D eigenvalue weighted by Gasteiger charge is -2.35. The third-order valence-electron chi connectivity index (χ3n) is 5.62. The smallest absolute Gasteiger partial charge is 0.272 e. The maximum absolute atomic E-state index is 12.7. The monoisotopic (exact) mass is 369 g/mol. The van der Waals surface area contributed by atoms with Gasteiger partial charge >= 0.3 is 0 Å². The molecule has 2 N–H and O–H groups in total. The zero-order valence-electron chi connectivity index (χ0n) is 15.3. The highest BCUT2D eigenvalue weighted by atomic mass is 16.2. The average Bonchev–Trinajstić information content (AvgIpc) is 3.02. The van der Waals surface area contributed by atoms with E-state index in [-0.39, 0.29) is 35.2 Å². The predicted molar refractivity (Wildman–Crippen MR) is 100 cm³/mol. The molecule has 2 aliphatic heterocycles. The van der Waals surface area contributed by atoms with Crippen molar-refractivity contribution in [3.63, 3.8) is 0 Å². The molecule has 8 heteroatoms. The van der Waals surface area contributed by atoms with Crippen LogP contribution in [0.2, 0.25) is 0 Å². The van der Waals surface area contributed by atoms with Crippen molar-refractivity contribution < 1.29 is 9.59 Å². The Labute approximate surface area is 156 Å². The van der Waals surface area contributed by atoms with Crippen LogP contribution in [0.15, 0.2) is 29.1 Å². The van der Waals surface area contributed by atoms with E-state index < -0.39 is 0 Å². The van der Waals surface area contributed by atoms with Gasteiger partial charge in [-0.15, -0.1) is 0 Å². The van der Waals surface area contributed by atoms with Crippen molar-refractivity contribution in [1.82, 2.24) is 25.3 Å². The van der Waals surface area contributed by atoms with Gasteiger partial charge < -0.3 is 10.2 Å². The van der Waals surface area contributed by atoms with Gasteiger partial charge in [0.2, 0.25) is 5.91 Å². The highest BCUT2D eigenvalue weighted by molar-refractivity contribution is 6.04. The normalized spacial score (nSPS) is 21.7. The second-order valence-electron chi connectivity index (χ2n) is 7.29. The van der Waals surface area contributed by atoms with Crippen LogP contribution in [0.5, 0.6) is 0 Å². The van der Waals surface area contributed by atoms with Crippen LogP contribution in [0.3, 0.4) is 0 Å². The largest absolute Gasteiger partial charge is 0.348 e. The van der Waals surface area contributed by atoms with Gasteiger partial charge in [0.15, 0.2) is 5.69 Å². The van der Waals surface area contributed by atoms with Crippen LogP contribution in [0.4, 0.5) is 0 Å². The number of carbonyl (C=O) groups is 2. The number of fused-ring (bicyclic) bond motifs is 1. The molecule has 27 heavy (non-hydrogen) atoms. The molecule has 0 spiro atoms. The molecule has 1 unspecified atom stereocenters. The summed E-state index contributed by atoms with van der Waals surface area (Å²) in [5.41, 5.74) is -0.0677. The molecule has 1 aromatic carbocycles. The summed E-state index contributed by atoms with van der Waals surface area (Å²) in [6.45, 7) is 2.38. The maximum atomic E-state index is 12.7.